The monoisotopic (exact) mass is 401 g/mol. The minimum absolute atomic E-state index is 0.0129. The number of aromatic nitrogens is 2. The van der Waals surface area contributed by atoms with Crippen molar-refractivity contribution in [2.45, 2.75) is 69.3 Å². The van der Waals surface area contributed by atoms with E-state index in [1.807, 2.05) is 0 Å². The molecule has 1 aliphatic carbocycles. The number of halogens is 1. The first kappa shape index (κ1) is 18.2. The molecule has 2 aliphatic heterocycles. The normalized spacial score (nSPS) is 28.8. The van der Waals surface area contributed by atoms with Crippen LogP contribution in [0.3, 0.4) is 0 Å². The zero-order chi connectivity index (χ0) is 19.3. The highest BCUT2D eigenvalue weighted by atomic mass is 35.5. The molecule has 0 unspecified atom stereocenters. The number of hydrogen-bond donors (Lipinski definition) is 3. The standard InChI is InChI=1S/C21H24ClN3O3/c22-11-5-7-13(17(27)9-11)20-14-10-12-6-8-18(28-12)19(14)21(25-24-20)23-15-3-1-2-4-16(15)26/h5,7,9,12,15-16,18,26-27H,1-4,6,8,10H2,(H,23,25)/t12-,15-,16-,18+/m1/s1. The molecule has 4 atom stereocenters. The van der Waals surface area contributed by atoms with Gasteiger partial charge in [-0.3, -0.25) is 0 Å². The molecule has 1 aromatic heterocycles. The number of nitrogens with one attached hydrogen (secondary N) is 1. The van der Waals surface area contributed by atoms with Crippen LogP contribution >= 0.6 is 11.6 Å². The van der Waals surface area contributed by atoms with E-state index in [-0.39, 0.29) is 30.1 Å². The van der Waals surface area contributed by atoms with Gasteiger partial charge < -0.3 is 20.3 Å². The molecule has 2 aromatic rings. The molecule has 0 amide bonds. The Morgan fingerprint density at radius 3 is 2.79 bits per heavy atom. The molecule has 2 fully saturated rings. The molecular weight excluding hydrogens is 378 g/mol. The number of benzene rings is 1. The lowest BCUT2D eigenvalue weighted by molar-refractivity contribution is 0.0324. The Kier molecular flexibility index (Phi) is 4.65. The Morgan fingerprint density at radius 1 is 1.11 bits per heavy atom. The summed E-state index contributed by atoms with van der Waals surface area (Å²) in [6, 6.07) is 5.06. The van der Waals surface area contributed by atoms with Crippen molar-refractivity contribution in [3.63, 3.8) is 0 Å². The SMILES string of the molecule is Oc1cc(Cl)ccc1-c1nnc(N[C@@H]2CCCC[C@H]2O)c2c1C[C@H]1CC[C@@H]2O1. The van der Waals surface area contributed by atoms with E-state index in [0.717, 1.165) is 56.1 Å². The van der Waals surface area contributed by atoms with Crippen LogP contribution in [0.15, 0.2) is 18.2 Å². The highest BCUT2D eigenvalue weighted by molar-refractivity contribution is 6.30. The van der Waals surface area contributed by atoms with Crippen LogP contribution in [-0.2, 0) is 11.2 Å². The first-order valence-electron chi connectivity index (χ1n) is 10.1. The summed E-state index contributed by atoms with van der Waals surface area (Å²) in [7, 11) is 0. The minimum atomic E-state index is -0.368. The van der Waals surface area contributed by atoms with Crippen molar-refractivity contribution in [3.05, 3.63) is 34.3 Å². The summed E-state index contributed by atoms with van der Waals surface area (Å²) in [5, 5.41) is 33.7. The number of anilines is 1. The molecule has 148 valence electrons. The summed E-state index contributed by atoms with van der Waals surface area (Å²) in [6.45, 7) is 0. The molecule has 2 bridgehead atoms. The Bertz CT molecular complexity index is 907. The van der Waals surface area contributed by atoms with E-state index in [0.29, 0.717) is 22.1 Å². The number of phenolic OH excluding ortho intramolecular Hbond substituents is 1. The lowest BCUT2D eigenvalue weighted by Crippen LogP contribution is -2.37. The van der Waals surface area contributed by atoms with Gasteiger partial charge >= 0.3 is 0 Å². The van der Waals surface area contributed by atoms with Gasteiger partial charge in [-0.1, -0.05) is 24.4 Å². The number of fused-ring (bicyclic) bond motifs is 4. The van der Waals surface area contributed by atoms with E-state index in [1.165, 1.54) is 6.07 Å². The number of nitrogens with zero attached hydrogens (tertiary/aromatic N) is 2. The smallest absolute Gasteiger partial charge is 0.155 e. The molecule has 3 aliphatic rings. The second-order valence-corrected chi connectivity index (χ2v) is 8.52. The summed E-state index contributed by atoms with van der Waals surface area (Å²) in [5.74, 6) is 0.815. The largest absolute Gasteiger partial charge is 0.507 e. The Labute approximate surface area is 168 Å². The maximum absolute atomic E-state index is 10.4. The van der Waals surface area contributed by atoms with Crippen LogP contribution in [0.1, 0.15) is 55.8 Å². The number of hydrogen-bond acceptors (Lipinski definition) is 6. The van der Waals surface area contributed by atoms with Gasteiger partial charge in [0, 0.05) is 22.6 Å². The molecule has 28 heavy (non-hydrogen) atoms. The van der Waals surface area contributed by atoms with E-state index in [1.54, 1.807) is 12.1 Å². The van der Waals surface area contributed by atoms with Crippen molar-refractivity contribution >= 4 is 17.4 Å². The minimum Gasteiger partial charge on any atom is -0.507 e. The quantitative estimate of drug-likeness (QED) is 0.720. The topological polar surface area (TPSA) is 87.5 Å². The van der Waals surface area contributed by atoms with Crippen LogP contribution in [0.25, 0.3) is 11.3 Å². The summed E-state index contributed by atoms with van der Waals surface area (Å²) >= 11 is 6.00. The van der Waals surface area contributed by atoms with Crippen molar-refractivity contribution in [2.75, 3.05) is 5.32 Å². The first-order valence-corrected chi connectivity index (χ1v) is 10.5. The molecule has 1 aromatic carbocycles. The van der Waals surface area contributed by atoms with Crippen molar-refractivity contribution in [1.82, 2.24) is 10.2 Å². The Hall–Kier alpha value is -1.89. The number of rotatable bonds is 3. The number of aliphatic hydroxyl groups is 1. The molecular formula is C21H24ClN3O3. The third kappa shape index (κ3) is 3.13. The lowest BCUT2D eigenvalue weighted by atomic mass is 9.91. The summed E-state index contributed by atoms with van der Waals surface area (Å²) < 4.78 is 6.17. The third-order valence-electron chi connectivity index (χ3n) is 6.24. The van der Waals surface area contributed by atoms with Gasteiger partial charge in [0.15, 0.2) is 5.82 Å². The molecule has 1 saturated heterocycles. The predicted octanol–water partition coefficient (Wildman–Crippen LogP) is 3.99. The average molecular weight is 402 g/mol. The van der Waals surface area contributed by atoms with Gasteiger partial charge in [0.2, 0.25) is 0 Å². The molecule has 6 nitrogen and oxygen atoms in total. The fourth-order valence-corrected chi connectivity index (χ4v) is 4.98. The van der Waals surface area contributed by atoms with Gasteiger partial charge in [0.25, 0.3) is 0 Å². The second kappa shape index (κ2) is 7.17. The molecule has 1 saturated carbocycles. The third-order valence-corrected chi connectivity index (χ3v) is 6.48. The number of phenols is 1. The van der Waals surface area contributed by atoms with E-state index in [4.69, 9.17) is 16.3 Å². The van der Waals surface area contributed by atoms with E-state index in [2.05, 4.69) is 15.5 Å². The van der Waals surface area contributed by atoms with E-state index < -0.39 is 0 Å². The maximum atomic E-state index is 10.4. The molecule has 3 heterocycles. The fourth-order valence-electron chi connectivity index (χ4n) is 4.82. The zero-order valence-corrected chi connectivity index (χ0v) is 16.3. The van der Waals surface area contributed by atoms with Crippen LogP contribution in [-0.4, -0.2) is 38.7 Å². The van der Waals surface area contributed by atoms with Crippen LogP contribution in [0.2, 0.25) is 5.02 Å². The van der Waals surface area contributed by atoms with Crippen LogP contribution in [0.5, 0.6) is 5.75 Å². The highest BCUT2D eigenvalue weighted by Crippen LogP contribution is 2.47. The number of aliphatic hydroxyl groups excluding tert-OH is 1. The Morgan fingerprint density at radius 2 is 1.96 bits per heavy atom. The second-order valence-electron chi connectivity index (χ2n) is 8.08. The van der Waals surface area contributed by atoms with Crippen LogP contribution < -0.4 is 5.32 Å². The summed E-state index contributed by atoms with van der Waals surface area (Å²) in [6.07, 6.45) is 6.41. The van der Waals surface area contributed by atoms with E-state index >= 15 is 0 Å². The summed E-state index contributed by atoms with van der Waals surface area (Å²) in [5.41, 5.74) is 3.45. The van der Waals surface area contributed by atoms with Crippen LogP contribution in [0.4, 0.5) is 5.82 Å². The van der Waals surface area contributed by atoms with Crippen LogP contribution in [0, 0.1) is 0 Å². The molecule has 5 rings (SSSR count). The van der Waals surface area contributed by atoms with Crippen molar-refractivity contribution in [3.8, 4) is 17.0 Å². The number of aromatic hydroxyl groups is 1. The first-order chi connectivity index (χ1) is 13.6. The highest BCUT2D eigenvalue weighted by Gasteiger charge is 2.39. The fraction of sp³-hybridized carbons (Fsp3) is 0.524. The summed E-state index contributed by atoms with van der Waals surface area (Å²) in [4.78, 5) is 0. The predicted molar refractivity (Wildman–Crippen MR) is 107 cm³/mol. The maximum Gasteiger partial charge on any atom is 0.155 e. The lowest BCUT2D eigenvalue weighted by Gasteiger charge is -2.32. The van der Waals surface area contributed by atoms with Gasteiger partial charge in [0.1, 0.15) is 11.4 Å². The van der Waals surface area contributed by atoms with Crippen molar-refractivity contribution in [1.29, 1.82) is 0 Å². The van der Waals surface area contributed by atoms with Gasteiger partial charge in [-0.25, -0.2) is 0 Å². The zero-order valence-electron chi connectivity index (χ0n) is 15.6. The van der Waals surface area contributed by atoms with E-state index in [9.17, 15) is 10.2 Å². The van der Waals surface area contributed by atoms with Gasteiger partial charge in [-0.2, -0.15) is 0 Å². The molecule has 0 radical (unpaired) electrons. The molecule has 3 N–H and O–H groups in total. The number of ether oxygens (including phenoxy) is 1. The molecule has 7 heteroatoms. The van der Waals surface area contributed by atoms with Crippen molar-refractivity contribution in [2.24, 2.45) is 0 Å². The Balaban J connectivity index is 1.59. The van der Waals surface area contributed by atoms with Crippen molar-refractivity contribution < 1.29 is 14.9 Å². The molecule has 0 spiro atoms. The average Bonchev–Trinajstić information content (AvgIpc) is 3.05. The van der Waals surface area contributed by atoms with Gasteiger partial charge in [-0.05, 0) is 49.4 Å². The van der Waals surface area contributed by atoms with Gasteiger partial charge in [0.05, 0.1) is 24.4 Å². The van der Waals surface area contributed by atoms with Gasteiger partial charge in [-0.15, -0.1) is 10.2 Å².